The number of hydrogen-bond donors (Lipinski definition) is 1. The van der Waals surface area contributed by atoms with Crippen molar-refractivity contribution in [2.75, 3.05) is 5.88 Å². The number of allylic oxidation sites excluding steroid dienone is 1. The third-order valence-electron chi connectivity index (χ3n) is 2.70. The van der Waals surface area contributed by atoms with E-state index in [4.69, 9.17) is 16.7 Å². The Kier molecular flexibility index (Phi) is 6.26. The minimum absolute atomic E-state index is 0.402. The van der Waals surface area contributed by atoms with Crippen molar-refractivity contribution in [3.8, 4) is 0 Å². The predicted molar refractivity (Wildman–Crippen MR) is 78.5 cm³/mol. The molecule has 0 aliphatic carbocycles. The van der Waals surface area contributed by atoms with Gasteiger partial charge >= 0.3 is 0 Å². The highest BCUT2D eigenvalue weighted by molar-refractivity contribution is 7.90. The van der Waals surface area contributed by atoms with Gasteiger partial charge in [0.1, 0.15) is 5.82 Å². The average Bonchev–Trinajstić information content (AvgIpc) is 2.34. The van der Waals surface area contributed by atoms with Gasteiger partial charge in [0.25, 0.3) is 0 Å². The predicted octanol–water partition coefficient (Wildman–Crippen LogP) is 3.02. The highest BCUT2D eigenvalue weighted by Gasteiger charge is 2.28. The first-order chi connectivity index (χ1) is 8.86. The lowest BCUT2D eigenvalue weighted by atomic mass is 9.98. The van der Waals surface area contributed by atoms with Crippen molar-refractivity contribution in [3.05, 3.63) is 35.9 Å². The first-order valence-electron chi connectivity index (χ1n) is 5.91. The SMILES string of the molecule is CC(C)(/C=C(/CCCCl)c1cncc(F)c1)[S@@+](N)[O-]. The van der Waals surface area contributed by atoms with Gasteiger partial charge in [-0.3, -0.25) is 4.98 Å². The Morgan fingerprint density at radius 3 is 2.79 bits per heavy atom. The Bertz CT molecular complexity index is 452. The van der Waals surface area contributed by atoms with Crippen LogP contribution in [-0.4, -0.2) is 20.2 Å². The van der Waals surface area contributed by atoms with Gasteiger partial charge in [-0.1, -0.05) is 0 Å². The molecule has 0 saturated heterocycles. The number of nitrogens with two attached hydrogens (primary N) is 1. The molecule has 0 aromatic carbocycles. The van der Waals surface area contributed by atoms with Crippen molar-refractivity contribution in [2.45, 2.75) is 31.4 Å². The number of hydrogen-bond acceptors (Lipinski definition) is 3. The number of nitrogens with zero attached hydrogens (tertiary/aromatic N) is 1. The average molecular weight is 305 g/mol. The summed E-state index contributed by atoms with van der Waals surface area (Å²) >= 11 is 4.19. The number of rotatable bonds is 6. The molecule has 0 aliphatic rings. The Morgan fingerprint density at radius 2 is 2.26 bits per heavy atom. The molecule has 0 spiro atoms. The second-order valence-corrected chi connectivity index (χ2v) is 6.78. The van der Waals surface area contributed by atoms with E-state index in [1.165, 1.54) is 6.07 Å². The molecule has 0 saturated carbocycles. The third kappa shape index (κ3) is 5.10. The fourth-order valence-electron chi connectivity index (χ4n) is 1.62. The highest BCUT2D eigenvalue weighted by Crippen LogP contribution is 2.26. The lowest BCUT2D eigenvalue weighted by Crippen LogP contribution is -2.36. The van der Waals surface area contributed by atoms with Gasteiger partial charge in [0.15, 0.2) is 4.75 Å². The summed E-state index contributed by atoms with van der Waals surface area (Å²) < 4.78 is 24.1. The molecule has 106 valence electrons. The number of pyridine rings is 1. The maximum absolute atomic E-state index is 13.2. The molecule has 0 aliphatic heterocycles. The number of alkyl halides is 1. The van der Waals surface area contributed by atoms with E-state index in [1.807, 2.05) is 6.08 Å². The fraction of sp³-hybridized carbons (Fsp3) is 0.462. The van der Waals surface area contributed by atoms with Gasteiger partial charge in [0, 0.05) is 23.4 Å². The Balaban J connectivity index is 3.11. The number of aromatic nitrogens is 1. The first-order valence-corrected chi connectivity index (χ1v) is 7.66. The topological polar surface area (TPSA) is 62.0 Å². The zero-order valence-electron chi connectivity index (χ0n) is 11.0. The van der Waals surface area contributed by atoms with Crippen molar-refractivity contribution in [3.63, 3.8) is 0 Å². The molecule has 0 unspecified atom stereocenters. The van der Waals surface area contributed by atoms with E-state index in [1.54, 1.807) is 20.0 Å². The van der Waals surface area contributed by atoms with E-state index in [-0.39, 0.29) is 0 Å². The second kappa shape index (κ2) is 7.24. The summed E-state index contributed by atoms with van der Waals surface area (Å²) in [6.07, 6.45) is 5.95. The Hall–Kier alpha value is -0.620. The van der Waals surface area contributed by atoms with Gasteiger partial charge in [0.05, 0.1) is 6.20 Å². The van der Waals surface area contributed by atoms with Crippen LogP contribution in [0.15, 0.2) is 24.5 Å². The van der Waals surface area contributed by atoms with Crippen LogP contribution in [0.25, 0.3) is 5.57 Å². The van der Waals surface area contributed by atoms with Crippen LogP contribution in [0.2, 0.25) is 0 Å². The minimum Gasteiger partial charge on any atom is -0.598 e. The van der Waals surface area contributed by atoms with Gasteiger partial charge < -0.3 is 4.55 Å². The zero-order valence-corrected chi connectivity index (χ0v) is 12.6. The molecule has 2 N–H and O–H groups in total. The van der Waals surface area contributed by atoms with E-state index >= 15 is 0 Å². The third-order valence-corrected chi connectivity index (χ3v) is 4.12. The van der Waals surface area contributed by atoms with E-state index in [2.05, 4.69) is 4.98 Å². The summed E-state index contributed by atoms with van der Waals surface area (Å²) in [6.45, 7) is 3.55. The van der Waals surface area contributed by atoms with Crippen LogP contribution in [0.3, 0.4) is 0 Å². The maximum Gasteiger partial charge on any atom is 0.158 e. The Labute approximate surface area is 121 Å². The fourth-order valence-corrected chi connectivity index (χ4v) is 2.01. The molecule has 19 heavy (non-hydrogen) atoms. The lowest BCUT2D eigenvalue weighted by molar-refractivity contribution is 0.573. The van der Waals surface area contributed by atoms with Crippen LogP contribution < -0.4 is 5.14 Å². The zero-order chi connectivity index (χ0) is 14.5. The molecule has 0 fully saturated rings. The van der Waals surface area contributed by atoms with E-state index in [9.17, 15) is 8.94 Å². The smallest absolute Gasteiger partial charge is 0.158 e. The van der Waals surface area contributed by atoms with Crippen LogP contribution in [0.1, 0.15) is 32.3 Å². The highest BCUT2D eigenvalue weighted by atomic mass is 35.5. The summed E-state index contributed by atoms with van der Waals surface area (Å²) in [4.78, 5) is 3.83. The van der Waals surface area contributed by atoms with Crippen molar-refractivity contribution >= 4 is 28.5 Å². The first kappa shape index (κ1) is 16.4. The molecule has 1 aromatic rings. The summed E-state index contributed by atoms with van der Waals surface area (Å²) in [5.74, 6) is 0.104. The van der Waals surface area contributed by atoms with Crippen molar-refractivity contribution < 1.29 is 8.94 Å². The molecule has 1 heterocycles. The standard InChI is InChI=1S/C13H18ClFN2OS/c1-13(2,19(16)18)7-10(4-3-5-14)11-6-12(15)9-17-8-11/h6-9H,3-5,16H2,1-2H3/b10-7-/t19-/m0/s1. The molecular weight excluding hydrogens is 287 g/mol. The van der Waals surface area contributed by atoms with Crippen molar-refractivity contribution in [2.24, 2.45) is 5.14 Å². The summed E-state index contributed by atoms with van der Waals surface area (Å²) in [5, 5.41) is 5.47. The van der Waals surface area contributed by atoms with E-state index in [0.29, 0.717) is 17.9 Å². The molecule has 0 amide bonds. The maximum atomic E-state index is 13.2. The Morgan fingerprint density at radius 1 is 1.58 bits per heavy atom. The van der Waals surface area contributed by atoms with Gasteiger partial charge in [-0.2, -0.15) is 5.14 Å². The van der Waals surface area contributed by atoms with Gasteiger partial charge in [-0.05, 0) is 50.0 Å². The van der Waals surface area contributed by atoms with E-state index in [0.717, 1.165) is 18.2 Å². The second-order valence-electron chi connectivity index (χ2n) is 4.75. The quantitative estimate of drug-likeness (QED) is 0.649. The molecule has 1 aromatic heterocycles. The molecular formula is C13H18ClFN2OS. The van der Waals surface area contributed by atoms with Gasteiger partial charge in [-0.25, -0.2) is 4.39 Å². The van der Waals surface area contributed by atoms with Crippen LogP contribution in [0.5, 0.6) is 0 Å². The molecule has 1 atom stereocenters. The molecule has 3 nitrogen and oxygen atoms in total. The van der Waals surface area contributed by atoms with E-state index < -0.39 is 21.9 Å². The van der Waals surface area contributed by atoms with Crippen LogP contribution in [0, 0.1) is 5.82 Å². The summed E-state index contributed by atoms with van der Waals surface area (Å²) in [6, 6.07) is 1.41. The van der Waals surface area contributed by atoms with Crippen LogP contribution in [0.4, 0.5) is 4.39 Å². The normalized spacial score (nSPS) is 14.5. The monoisotopic (exact) mass is 304 g/mol. The van der Waals surface area contributed by atoms with Crippen molar-refractivity contribution in [1.29, 1.82) is 0 Å². The lowest BCUT2D eigenvalue weighted by Gasteiger charge is -2.22. The molecule has 1 rings (SSSR count). The molecule has 0 bridgehead atoms. The van der Waals surface area contributed by atoms with Crippen molar-refractivity contribution in [1.82, 2.24) is 4.98 Å². The van der Waals surface area contributed by atoms with Crippen LogP contribution >= 0.6 is 11.6 Å². The minimum atomic E-state index is -1.50. The molecule has 6 heteroatoms. The van der Waals surface area contributed by atoms with Gasteiger partial charge in [-0.15, -0.1) is 11.6 Å². The van der Waals surface area contributed by atoms with Gasteiger partial charge in [0.2, 0.25) is 0 Å². The largest absolute Gasteiger partial charge is 0.598 e. The number of halogens is 2. The summed E-state index contributed by atoms with van der Waals surface area (Å²) in [7, 11) is 0. The molecule has 0 radical (unpaired) electrons. The van der Waals surface area contributed by atoms with Crippen LogP contribution in [-0.2, 0) is 11.4 Å². The summed E-state index contributed by atoms with van der Waals surface area (Å²) in [5.41, 5.74) is 1.53.